The Kier molecular flexibility index (Phi) is 5.07. The monoisotopic (exact) mass is 262 g/mol. The highest BCUT2D eigenvalue weighted by molar-refractivity contribution is 5.77. The molecule has 0 spiro atoms. The second kappa shape index (κ2) is 7.02. The molecule has 0 aromatic heterocycles. The van der Waals surface area contributed by atoms with Crippen LogP contribution in [-0.4, -0.2) is 19.1 Å². The van der Waals surface area contributed by atoms with Crippen LogP contribution in [0.15, 0.2) is 24.3 Å². The van der Waals surface area contributed by atoms with Gasteiger partial charge in [0.25, 0.3) is 5.91 Å². The van der Waals surface area contributed by atoms with Gasteiger partial charge in [-0.15, -0.1) is 0 Å². The van der Waals surface area contributed by atoms with E-state index in [4.69, 9.17) is 10.5 Å². The number of hydrogen-bond donors (Lipinski definition) is 2. The summed E-state index contributed by atoms with van der Waals surface area (Å²) in [5.41, 5.74) is 6.26. The van der Waals surface area contributed by atoms with E-state index in [0.717, 1.165) is 18.9 Å². The Hall–Kier alpha value is -1.71. The molecule has 1 aromatic carbocycles. The number of anilines is 1. The predicted octanol–water partition coefficient (Wildman–Crippen LogP) is 2.34. The predicted molar refractivity (Wildman–Crippen MR) is 75.9 cm³/mol. The van der Waals surface area contributed by atoms with Crippen molar-refractivity contribution in [1.82, 2.24) is 5.32 Å². The maximum absolute atomic E-state index is 11.6. The zero-order valence-corrected chi connectivity index (χ0v) is 11.2. The van der Waals surface area contributed by atoms with E-state index < -0.39 is 0 Å². The van der Waals surface area contributed by atoms with Crippen LogP contribution in [0.5, 0.6) is 5.75 Å². The van der Waals surface area contributed by atoms with Crippen LogP contribution in [0.3, 0.4) is 0 Å². The van der Waals surface area contributed by atoms with Gasteiger partial charge in [0.1, 0.15) is 5.75 Å². The molecule has 1 aromatic rings. The number of ether oxygens (including phenoxy) is 1. The highest BCUT2D eigenvalue weighted by Gasteiger charge is 2.14. The lowest BCUT2D eigenvalue weighted by molar-refractivity contribution is -0.123. The van der Waals surface area contributed by atoms with Gasteiger partial charge in [-0.25, -0.2) is 0 Å². The Morgan fingerprint density at radius 3 is 2.63 bits per heavy atom. The third kappa shape index (κ3) is 4.81. The van der Waals surface area contributed by atoms with Gasteiger partial charge in [0.15, 0.2) is 6.61 Å². The van der Waals surface area contributed by atoms with Crippen LogP contribution in [-0.2, 0) is 4.79 Å². The molecule has 0 bridgehead atoms. The molecular weight excluding hydrogens is 240 g/mol. The molecule has 0 aliphatic heterocycles. The molecule has 0 heterocycles. The number of nitrogen functional groups attached to an aromatic ring is 1. The summed E-state index contributed by atoms with van der Waals surface area (Å²) in [6.07, 6.45) is 6.42. The van der Waals surface area contributed by atoms with Crippen molar-refractivity contribution < 1.29 is 9.53 Å². The van der Waals surface area contributed by atoms with Crippen molar-refractivity contribution in [3.63, 3.8) is 0 Å². The Morgan fingerprint density at radius 1 is 1.26 bits per heavy atom. The first-order chi connectivity index (χ1) is 9.24. The molecular formula is C15H22N2O2. The zero-order chi connectivity index (χ0) is 13.5. The average Bonchev–Trinajstić information content (AvgIpc) is 2.91. The SMILES string of the molecule is Nc1ccc(OCC(=O)NCCC2CCCC2)cc1. The van der Waals surface area contributed by atoms with E-state index in [0.29, 0.717) is 11.4 Å². The molecule has 4 heteroatoms. The van der Waals surface area contributed by atoms with Gasteiger partial charge in [0.2, 0.25) is 0 Å². The highest BCUT2D eigenvalue weighted by Crippen LogP contribution is 2.26. The minimum absolute atomic E-state index is 0.0604. The number of nitrogens with one attached hydrogen (secondary N) is 1. The fourth-order valence-electron chi connectivity index (χ4n) is 2.48. The number of carbonyl (C=O) groups is 1. The van der Waals surface area contributed by atoms with E-state index in [-0.39, 0.29) is 12.5 Å². The summed E-state index contributed by atoms with van der Waals surface area (Å²) in [5.74, 6) is 1.41. The van der Waals surface area contributed by atoms with Crippen molar-refractivity contribution in [1.29, 1.82) is 0 Å². The van der Waals surface area contributed by atoms with Crippen LogP contribution in [0.4, 0.5) is 5.69 Å². The van der Waals surface area contributed by atoms with Gasteiger partial charge >= 0.3 is 0 Å². The minimum atomic E-state index is -0.0604. The molecule has 0 radical (unpaired) electrons. The van der Waals surface area contributed by atoms with Crippen molar-refractivity contribution in [2.24, 2.45) is 5.92 Å². The van der Waals surface area contributed by atoms with Crippen LogP contribution in [0.2, 0.25) is 0 Å². The molecule has 104 valence electrons. The lowest BCUT2D eigenvalue weighted by atomic mass is 10.0. The summed E-state index contributed by atoms with van der Waals surface area (Å²) in [7, 11) is 0. The molecule has 19 heavy (non-hydrogen) atoms. The molecule has 1 fully saturated rings. The maximum Gasteiger partial charge on any atom is 0.257 e. The Labute approximate surface area is 114 Å². The third-order valence-electron chi connectivity index (χ3n) is 3.60. The summed E-state index contributed by atoms with van der Waals surface area (Å²) in [5, 5.41) is 2.90. The van der Waals surface area contributed by atoms with E-state index in [9.17, 15) is 4.79 Å². The average molecular weight is 262 g/mol. The molecule has 4 nitrogen and oxygen atoms in total. The van der Waals surface area contributed by atoms with Gasteiger partial charge in [0, 0.05) is 12.2 Å². The van der Waals surface area contributed by atoms with Crippen LogP contribution < -0.4 is 15.8 Å². The van der Waals surface area contributed by atoms with Gasteiger partial charge < -0.3 is 15.8 Å². The van der Waals surface area contributed by atoms with E-state index in [2.05, 4.69) is 5.32 Å². The summed E-state index contributed by atoms with van der Waals surface area (Å²) in [4.78, 5) is 11.6. The number of amides is 1. The highest BCUT2D eigenvalue weighted by atomic mass is 16.5. The number of benzene rings is 1. The minimum Gasteiger partial charge on any atom is -0.484 e. The normalized spacial score (nSPS) is 15.4. The van der Waals surface area contributed by atoms with Crippen molar-refractivity contribution in [3.8, 4) is 5.75 Å². The van der Waals surface area contributed by atoms with E-state index in [1.54, 1.807) is 24.3 Å². The first kappa shape index (κ1) is 13.7. The summed E-state index contributed by atoms with van der Waals surface area (Å²) in [6, 6.07) is 7.04. The molecule has 1 aliphatic carbocycles. The quantitative estimate of drug-likeness (QED) is 0.773. The van der Waals surface area contributed by atoms with Crippen LogP contribution in [0.1, 0.15) is 32.1 Å². The van der Waals surface area contributed by atoms with Gasteiger partial charge in [-0.3, -0.25) is 4.79 Å². The van der Waals surface area contributed by atoms with E-state index >= 15 is 0 Å². The molecule has 0 atom stereocenters. The van der Waals surface area contributed by atoms with E-state index in [1.165, 1.54) is 25.7 Å². The fraction of sp³-hybridized carbons (Fsp3) is 0.533. The summed E-state index contributed by atoms with van der Waals surface area (Å²) >= 11 is 0. The van der Waals surface area contributed by atoms with Crippen LogP contribution in [0, 0.1) is 5.92 Å². The standard InChI is InChI=1S/C15H22N2O2/c16-13-5-7-14(8-6-13)19-11-15(18)17-10-9-12-3-1-2-4-12/h5-8,12H,1-4,9-11,16H2,(H,17,18). The molecule has 2 rings (SSSR count). The molecule has 1 amide bonds. The lowest BCUT2D eigenvalue weighted by Gasteiger charge is -2.10. The van der Waals surface area contributed by atoms with Crippen molar-refractivity contribution >= 4 is 11.6 Å². The second-order valence-electron chi connectivity index (χ2n) is 5.15. The second-order valence-corrected chi connectivity index (χ2v) is 5.15. The smallest absolute Gasteiger partial charge is 0.257 e. The van der Waals surface area contributed by atoms with Crippen LogP contribution in [0.25, 0.3) is 0 Å². The molecule has 1 aliphatic rings. The fourth-order valence-corrected chi connectivity index (χ4v) is 2.48. The van der Waals surface area contributed by atoms with Crippen molar-refractivity contribution in [2.45, 2.75) is 32.1 Å². The van der Waals surface area contributed by atoms with Gasteiger partial charge in [-0.05, 0) is 36.6 Å². The van der Waals surface area contributed by atoms with Crippen molar-refractivity contribution in [2.75, 3.05) is 18.9 Å². The van der Waals surface area contributed by atoms with Gasteiger partial charge in [0.05, 0.1) is 0 Å². The maximum atomic E-state index is 11.6. The van der Waals surface area contributed by atoms with Crippen molar-refractivity contribution in [3.05, 3.63) is 24.3 Å². The number of rotatable bonds is 6. The number of nitrogens with two attached hydrogens (primary N) is 1. The van der Waals surface area contributed by atoms with Crippen LogP contribution >= 0.6 is 0 Å². The first-order valence-corrected chi connectivity index (χ1v) is 6.99. The topological polar surface area (TPSA) is 64.3 Å². The molecule has 1 saturated carbocycles. The summed E-state index contributed by atoms with van der Waals surface area (Å²) < 4.78 is 5.38. The first-order valence-electron chi connectivity index (χ1n) is 6.99. The number of hydrogen-bond acceptors (Lipinski definition) is 3. The molecule has 3 N–H and O–H groups in total. The third-order valence-corrected chi connectivity index (χ3v) is 3.60. The molecule has 0 unspecified atom stereocenters. The Morgan fingerprint density at radius 2 is 1.95 bits per heavy atom. The summed E-state index contributed by atoms with van der Waals surface area (Å²) in [6.45, 7) is 0.823. The zero-order valence-electron chi connectivity index (χ0n) is 11.2. The Balaban J connectivity index is 1.60. The largest absolute Gasteiger partial charge is 0.484 e. The molecule has 0 saturated heterocycles. The van der Waals surface area contributed by atoms with E-state index in [1.807, 2.05) is 0 Å². The lowest BCUT2D eigenvalue weighted by Crippen LogP contribution is -2.30. The van der Waals surface area contributed by atoms with Gasteiger partial charge in [-0.2, -0.15) is 0 Å². The number of carbonyl (C=O) groups excluding carboxylic acids is 1. The van der Waals surface area contributed by atoms with Gasteiger partial charge in [-0.1, -0.05) is 25.7 Å². The Bertz CT molecular complexity index is 397.